The lowest BCUT2D eigenvalue weighted by molar-refractivity contribution is -0.143. The number of ether oxygens (including phenoxy) is 1. The van der Waals surface area contributed by atoms with E-state index in [1.807, 2.05) is 0 Å². The van der Waals surface area contributed by atoms with Crippen LogP contribution >= 0.6 is 0 Å². The van der Waals surface area contributed by atoms with Gasteiger partial charge in [0.2, 0.25) is 0 Å². The Balaban J connectivity index is 2.67. The third-order valence-corrected chi connectivity index (χ3v) is 2.86. The Morgan fingerprint density at radius 3 is 2.33 bits per heavy atom. The number of allylic oxidation sites excluding steroid dienone is 2. The second kappa shape index (κ2) is 3.54. The quantitative estimate of drug-likeness (QED) is 0.530. The van der Waals surface area contributed by atoms with Crippen molar-refractivity contribution in [2.24, 2.45) is 17.3 Å². The highest BCUT2D eigenvalue weighted by Crippen LogP contribution is 2.59. The van der Waals surface area contributed by atoms with E-state index in [0.29, 0.717) is 0 Å². The van der Waals surface area contributed by atoms with Crippen LogP contribution in [0.4, 0.5) is 13.2 Å². The lowest BCUT2D eigenvalue weighted by Gasteiger charge is -1.99. The summed E-state index contributed by atoms with van der Waals surface area (Å²) in [5.74, 6) is -1.29. The Morgan fingerprint density at radius 2 is 1.93 bits per heavy atom. The third kappa shape index (κ3) is 2.52. The summed E-state index contributed by atoms with van der Waals surface area (Å²) in [5.41, 5.74) is -0.436. The summed E-state index contributed by atoms with van der Waals surface area (Å²) in [6.07, 6.45) is -3.09. The summed E-state index contributed by atoms with van der Waals surface area (Å²) in [6.45, 7) is 3.50. The van der Waals surface area contributed by atoms with Crippen molar-refractivity contribution in [1.82, 2.24) is 0 Å². The Hall–Kier alpha value is -1.00. The summed E-state index contributed by atoms with van der Waals surface area (Å²) in [6, 6.07) is 0. The van der Waals surface area contributed by atoms with Crippen molar-refractivity contribution in [3.8, 4) is 0 Å². The van der Waals surface area contributed by atoms with Crippen LogP contribution in [0.1, 0.15) is 13.8 Å². The zero-order valence-electron chi connectivity index (χ0n) is 8.76. The fraction of sp³-hybridized carbons (Fsp3) is 0.700. The molecule has 0 N–H and O–H groups in total. The van der Waals surface area contributed by atoms with Crippen molar-refractivity contribution >= 4 is 5.97 Å². The number of rotatable bonds is 2. The van der Waals surface area contributed by atoms with Crippen molar-refractivity contribution in [3.05, 3.63) is 12.2 Å². The van der Waals surface area contributed by atoms with Crippen LogP contribution in [0.3, 0.4) is 0 Å². The largest absolute Gasteiger partial charge is 0.469 e. The molecule has 0 heterocycles. The summed E-state index contributed by atoms with van der Waals surface area (Å²) in [4.78, 5) is 11.2. The molecule has 0 radical (unpaired) electrons. The molecule has 5 heteroatoms. The van der Waals surface area contributed by atoms with E-state index in [1.54, 1.807) is 13.8 Å². The minimum atomic E-state index is -4.32. The van der Waals surface area contributed by atoms with Crippen LogP contribution < -0.4 is 0 Å². The SMILES string of the molecule is COC(=O)C1C(/C=C/C(F)(F)F)C1(C)C. The molecule has 1 aliphatic carbocycles. The van der Waals surface area contributed by atoms with Crippen molar-refractivity contribution in [1.29, 1.82) is 0 Å². The number of carbonyl (C=O) groups excluding carboxylic acids is 1. The van der Waals surface area contributed by atoms with E-state index in [0.717, 1.165) is 6.08 Å². The van der Waals surface area contributed by atoms with Gasteiger partial charge < -0.3 is 4.74 Å². The van der Waals surface area contributed by atoms with Crippen molar-refractivity contribution in [2.45, 2.75) is 20.0 Å². The predicted molar refractivity (Wildman–Crippen MR) is 48.0 cm³/mol. The van der Waals surface area contributed by atoms with Gasteiger partial charge in [0.15, 0.2) is 0 Å². The van der Waals surface area contributed by atoms with E-state index in [9.17, 15) is 18.0 Å². The molecule has 1 saturated carbocycles. The first kappa shape index (κ1) is 12.1. The van der Waals surface area contributed by atoms with E-state index in [-0.39, 0.29) is 12.0 Å². The fourth-order valence-corrected chi connectivity index (χ4v) is 1.83. The van der Waals surface area contributed by atoms with E-state index >= 15 is 0 Å². The van der Waals surface area contributed by atoms with Crippen LogP contribution in [0.2, 0.25) is 0 Å². The first-order chi connectivity index (χ1) is 6.70. The number of methoxy groups -OCH3 is 1. The van der Waals surface area contributed by atoms with Crippen LogP contribution in [-0.4, -0.2) is 19.3 Å². The molecule has 0 aliphatic heterocycles. The minimum absolute atomic E-state index is 0.183. The number of alkyl halides is 3. The zero-order valence-corrected chi connectivity index (χ0v) is 8.76. The standard InChI is InChI=1S/C10H13F3O2/c1-9(2)6(4-5-10(11,12)13)7(9)8(14)15-3/h4-7H,1-3H3/b5-4+. The predicted octanol–water partition coefficient (Wildman–Crippen LogP) is 2.55. The molecule has 0 amide bonds. The molecule has 0 spiro atoms. The highest BCUT2D eigenvalue weighted by atomic mass is 19.4. The molecule has 1 aliphatic rings. The van der Waals surface area contributed by atoms with Crippen molar-refractivity contribution in [3.63, 3.8) is 0 Å². The fourth-order valence-electron chi connectivity index (χ4n) is 1.83. The van der Waals surface area contributed by atoms with Gasteiger partial charge in [0.05, 0.1) is 13.0 Å². The molecule has 0 aromatic heterocycles. The zero-order chi connectivity index (χ0) is 11.9. The van der Waals surface area contributed by atoms with Gasteiger partial charge in [0, 0.05) is 6.08 Å². The molecule has 1 fully saturated rings. The normalized spacial score (nSPS) is 29.2. The topological polar surface area (TPSA) is 26.3 Å². The van der Waals surface area contributed by atoms with Crippen molar-refractivity contribution in [2.75, 3.05) is 7.11 Å². The molecular weight excluding hydrogens is 209 g/mol. The number of carbonyl (C=O) groups is 1. The van der Waals surface area contributed by atoms with Gasteiger partial charge in [-0.25, -0.2) is 0 Å². The van der Waals surface area contributed by atoms with Crippen LogP contribution in [0.5, 0.6) is 0 Å². The monoisotopic (exact) mass is 222 g/mol. The molecule has 2 atom stereocenters. The van der Waals surface area contributed by atoms with Gasteiger partial charge >= 0.3 is 12.1 Å². The number of halogens is 3. The van der Waals surface area contributed by atoms with Gasteiger partial charge in [-0.05, 0) is 11.3 Å². The summed E-state index contributed by atoms with van der Waals surface area (Å²) in [5, 5.41) is 0. The Morgan fingerprint density at radius 1 is 1.40 bits per heavy atom. The van der Waals surface area contributed by atoms with Crippen molar-refractivity contribution < 1.29 is 22.7 Å². The number of hydrogen-bond acceptors (Lipinski definition) is 2. The number of hydrogen-bond donors (Lipinski definition) is 0. The van der Waals surface area contributed by atoms with Crippen LogP contribution in [0.15, 0.2) is 12.2 Å². The highest BCUT2D eigenvalue weighted by Gasteiger charge is 2.61. The summed E-state index contributed by atoms with van der Waals surface area (Å²) in [7, 11) is 1.24. The Kier molecular flexibility index (Phi) is 2.85. The molecule has 2 unspecified atom stereocenters. The van der Waals surface area contributed by atoms with Gasteiger partial charge in [0.1, 0.15) is 0 Å². The number of esters is 1. The molecule has 0 saturated heterocycles. The first-order valence-electron chi connectivity index (χ1n) is 4.54. The van der Waals surface area contributed by atoms with Crippen LogP contribution in [0.25, 0.3) is 0 Å². The first-order valence-corrected chi connectivity index (χ1v) is 4.54. The highest BCUT2D eigenvalue weighted by molar-refractivity contribution is 5.78. The van der Waals surface area contributed by atoms with Crippen LogP contribution in [0, 0.1) is 17.3 Å². The second-order valence-corrected chi connectivity index (χ2v) is 4.25. The molecular formula is C10H13F3O2. The Bertz CT molecular complexity index is 292. The molecule has 0 aromatic rings. The lowest BCUT2D eigenvalue weighted by Crippen LogP contribution is -2.07. The van der Waals surface area contributed by atoms with E-state index in [2.05, 4.69) is 4.74 Å². The van der Waals surface area contributed by atoms with Crippen LogP contribution in [-0.2, 0) is 9.53 Å². The molecule has 15 heavy (non-hydrogen) atoms. The molecule has 1 rings (SSSR count). The van der Waals surface area contributed by atoms with Gasteiger partial charge in [-0.2, -0.15) is 13.2 Å². The summed E-state index contributed by atoms with van der Waals surface area (Å²) >= 11 is 0. The van der Waals surface area contributed by atoms with Gasteiger partial charge in [-0.15, -0.1) is 0 Å². The molecule has 86 valence electrons. The van der Waals surface area contributed by atoms with Gasteiger partial charge in [0.25, 0.3) is 0 Å². The molecule has 0 aromatic carbocycles. The second-order valence-electron chi connectivity index (χ2n) is 4.25. The lowest BCUT2D eigenvalue weighted by atomic mass is 10.1. The Labute approximate surface area is 86.1 Å². The average molecular weight is 222 g/mol. The molecule has 2 nitrogen and oxygen atoms in total. The summed E-state index contributed by atoms with van der Waals surface area (Å²) < 4.78 is 40.2. The van der Waals surface area contributed by atoms with E-state index in [4.69, 9.17) is 0 Å². The van der Waals surface area contributed by atoms with E-state index in [1.165, 1.54) is 7.11 Å². The maximum atomic E-state index is 11.9. The van der Waals surface area contributed by atoms with E-state index < -0.39 is 23.5 Å². The minimum Gasteiger partial charge on any atom is -0.469 e. The smallest absolute Gasteiger partial charge is 0.409 e. The maximum Gasteiger partial charge on any atom is 0.409 e. The maximum absolute atomic E-state index is 11.9. The van der Waals surface area contributed by atoms with Gasteiger partial charge in [-0.3, -0.25) is 4.79 Å². The molecule has 0 bridgehead atoms. The average Bonchev–Trinajstić information content (AvgIpc) is 2.62. The third-order valence-electron chi connectivity index (χ3n) is 2.86. The van der Waals surface area contributed by atoms with Gasteiger partial charge in [-0.1, -0.05) is 19.9 Å².